The van der Waals surface area contributed by atoms with E-state index in [9.17, 15) is 14.0 Å². The van der Waals surface area contributed by atoms with Crippen LogP contribution in [0.4, 0.5) is 4.39 Å². The molecule has 0 unspecified atom stereocenters. The minimum Gasteiger partial charge on any atom is -0.463 e. The number of carbonyl (C=O) groups excluding carboxylic acids is 2. The van der Waals surface area contributed by atoms with Gasteiger partial charge in [0.05, 0.1) is 17.5 Å². The lowest BCUT2D eigenvalue weighted by Crippen LogP contribution is -2.26. The molecule has 118 valence electrons. The van der Waals surface area contributed by atoms with Crippen LogP contribution in [-0.4, -0.2) is 24.5 Å². The Morgan fingerprint density at radius 3 is 2.82 bits per heavy atom. The van der Waals surface area contributed by atoms with Crippen LogP contribution in [0.1, 0.15) is 29.9 Å². The van der Waals surface area contributed by atoms with Crippen LogP contribution < -0.4 is 5.32 Å². The molecule has 1 aromatic heterocycles. The van der Waals surface area contributed by atoms with Gasteiger partial charge in [-0.2, -0.15) is 0 Å². The summed E-state index contributed by atoms with van der Waals surface area (Å²) in [6.45, 7) is 3.67. The normalized spacial score (nSPS) is 11.0. The van der Waals surface area contributed by atoms with E-state index in [1.165, 1.54) is 12.1 Å². The van der Waals surface area contributed by atoms with Crippen LogP contribution in [-0.2, 0) is 9.53 Å². The van der Waals surface area contributed by atoms with Gasteiger partial charge in [0.15, 0.2) is 0 Å². The van der Waals surface area contributed by atoms with Crippen molar-refractivity contribution < 1.29 is 18.7 Å². The first-order valence-corrected chi connectivity index (χ1v) is 7.93. The smallest absolute Gasteiger partial charge is 0.307 e. The number of halogens is 2. The quantitative estimate of drug-likeness (QED) is 0.841. The molecule has 1 N–H and O–H groups in total. The predicted molar refractivity (Wildman–Crippen MR) is 85.0 cm³/mol. The number of carbonyl (C=O) groups is 2. The first-order chi connectivity index (χ1) is 10.4. The second kappa shape index (κ2) is 7.07. The zero-order valence-electron chi connectivity index (χ0n) is 12.1. The summed E-state index contributed by atoms with van der Waals surface area (Å²) in [5.41, 5.74) is 0. The highest BCUT2D eigenvalue weighted by molar-refractivity contribution is 7.21. The van der Waals surface area contributed by atoms with E-state index in [0.717, 1.165) is 11.3 Å². The van der Waals surface area contributed by atoms with Gasteiger partial charge in [-0.3, -0.25) is 9.59 Å². The van der Waals surface area contributed by atoms with Crippen molar-refractivity contribution in [3.05, 3.63) is 33.9 Å². The third-order valence-electron chi connectivity index (χ3n) is 2.78. The Labute approximate surface area is 136 Å². The first kappa shape index (κ1) is 16.7. The molecular formula is C15H15ClFNO3S. The summed E-state index contributed by atoms with van der Waals surface area (Å²) >= 11 is 7.27. The molecular weight excluding hydrogens is 329 g/mol. The molecule has 0 atom stereocenters. The molecule has 0 aliphatic carbocycles. The zero-order chi connectivity index (χ0) is 16.3. The van der Waals surface area contributed by atoms with Gasteiger partial charge in [-0.25, -0.2) is 4.39 Å². The lowest BCUT2D eigenvalue weighted by Gasteiger charge is -2.08. The summed E-state index contributed by atoms with van der Waals surface area (Å²) in [6, 6.07) is 4.17. The van der Waals surface area contributed by atoms with E-state index in [4.69, 9.17) is 16.3 Å². The molecule has 2 aromatic rings. The number of benzene rings is 1. The summed E-state index contributed by atoms with van der Waals surface area (Å²) < 4.78 is 18.8. The lowest BCUT2D eigenvalue weighted by molar-refractivity contribution is -0.147. The zero-order valence-corrected chi connectivity index (χ0v) is 13.7. The van der Waals surface area contributed by atoms with E-state index in [2.05, 4.69) is 5.32 Å². The molecule has 0 aliphatic rings. The molecule has 4 nitrogen and oxygen atoms in total. The number of nitrogens with one attached hydrogen (secondary N) is 1. The average Bonchev–Trinajstić information content (AvgIpc) is 2.74. The number of esters is 1. The van der Waals surface area contributed by atoms with E-state index in [0.29, 0.717) is 20.0 Å². The highest BCUT2D eigenvalue weighted by atomic mass is 35.5. The fourth-order valence-corrected chi connectivity index (χ4v) is 3.32. The largest absolute Gasteiger partial charge is 0.463 e. The van der Waals surface area contributed by atoms with Crippen molar-refractivity contribution in [2.45, 2.75) is 26.4 Å². The summed E-state index contributed by atoms with van der Waals surface area (Å²) in [5.74, 6) is -1.14. The Hall–Kier alpha value is -1.66. The van der Waals surface area contributed by atoms with Crippen molar-refractivity contribution >= 4 is 44.9 Å². The third-order valence-corrected chi connectivity index (χ3v) is 4.44. The van der Waals surface area contributed by atoms with Crippen molar-refractivity contribution in [2.75, 3.05) is 6.54 Å². The Balaban J connectivity index is 2.01. The molecule has 0 aliphatic heterocycles. The standard InChI is InChI=1S/C15H15ClFNO3S/c1-8(2)21-12(19)5-6-18-15(20)14-13(16)10-4-3-9(17)7-11(10)22-14/h3-4,7-8H,5-6H2,1-2H3,(H,18,20). The van der Waals surface area contributed by atoms with Crippen LogP contribution in [0.25, 0.3) is 10.1 Å². The van der Waals surface area contributed by atoms with E-state index >= 15 is 0 Å². The van der Waals surface area contributed by atoms with Gasteiger partial charge >= 0.3 is 5.97 Å². The molecule has 1 aromatic carbocycles. The topological polar surface area (TPSA) is 55.4 Å². The van der Waals surface area contributed by atoms with Crippen LogP contribution >= 0.6 is 22.9 Å². The van der Waals surface area contributed by atoms with Gasteiger partial charge in [0.2, 0.25) is 0 Å². The van der Waals surface area contributed by atoms with Gasteiger partial charge in [-0.05, 0) is 32.0 Å². The number of amides is 1. The fraction of sp³-hybridized carbons (Fsp3) is 0.333. The van der Waals surface area contributed by atoms with Crippen molar-refractivity contribution in [3.63, 3.8) is 0 Å². The Kier molecular flexibility index (Phi) is 5.37. The summed E-state index contributed by atoms with van der Waals surface area (Å²) in [5, 5.41) is 3.54. The molecule has 22 heavy (non-hydrogen) atoms. The van der Waals surface area contributed by atoms with Gasteiger partial charge in [0.25, 0.3) is 5.91 Å². The van der Waals surface area contributed by atoms with Crippen LogP contribution in [0.15, 0.2) is 18.2 Å². The number of fused-ring (bicyclic) bond motifs is 1. The monoisotopic (exact) mass is 343 g/mol. The van der Waals surface area contributed by atoms with Crippen molar-refractivity contribution in [1.29, 1.82) is 0 Å². The van der Waals surface area contributed by atoms with E-state index in [1.807, 2.05) is 0 Å². The SMILES string of the molecule is CC(C)OC(=O)CCNC(=O)c1sc2cc(F)ccc2c1Cl. The summed E-state index contributed by atoms with van der Waals surface area (Å²) in [7, 11) is 0. The first-order valence-electron chi connectivity index (χ1n) is 6.73. The predicted octanol–water partition coefficient (Wildman–Crippen LogP) is 3.77. The second-order valence-corrected chi connectivity index (χ2v) is 6.36. The van der Waals surface area contributed by atoms with Crippen molar-refractivity contribution in [2.24, 2.45) is 0 Å². The van der Waals surface area contributed by atoms with Crippen molar-refractivity contribution in [3.8, 4) is 0 Å². The van der Waals surface area contributed by atoms with Gasteiger partial charge in [-0.15, -0.1) is 11.3 Å². The Bertz CT molecular complexity index is 714. The van der Waals surface area contributed by atoms with Gasteiger partial charge in [0.1, 0.15) is 10.7 Å². The highest BCUT2D eigenvalue weighted by Gasteiger charge is 2.17. The van der Waals surface area contributed by atoms with Gasteiger partial charge in [-0.1, -0.05) is 11.6 Å². The minimum absolute atomic E-state index is 0.0844. The molecule has 7 heteroatoms. The Morgan fingerprint density at radius 2 is 2.14 bits per heavy atom. The number of hydrogen-bond acceptors (Lipinski definition) is 4. The molecule has 0 radical (unpaired) electrons. The third kappa shape index (κ3) is 3.96. The summed E-state index contributed by atoms with van der Waals surface area (Å²) in [4.78, 5) is 23.8. The van der Waals surface area contributed by atoms with Crippen LogP contribution in [0, 0.1) is 5.82 Å². The highest BCUT2D eigenvalue weighted by Crippen LogP contribution is 2.35. The van der Waals surface area contributed by atoms with E-state index < -0.39 is 0 Å². The van der Waals surface area contributed by atoms with Gasteiger partial charge < -0.3 is 10.1 Å². The average molecular weight is 344 g/mol. The second-order valence-electron chi connectivity index (χ2n) is 4.93. The number of rotatable bonds is 5. The van der Waals surface area contributed by atoms with E-state index in [1.54, 1.807) is 19.9 Å². The van der Waals surface area contributed by atoms with E-state index in [-0.39, 0.29) is 36.8 Å². The Morgan fingerprint density at radius 1 is 1.41 bits per heavy atom. The molecule has 1 heterocycles. The van der Waals surface area contributed by atoms with Crippen molar-refractivity contribution in [1.82, 2.24) is 5.32 Å². The van der Waals surface area contributed by atoms with Crippen LogP contribution in [0.3, 0.4) is 0 Å². The lowest BCUT2D eigenvalue weighted by atomic mass is 10.2. The molecule has 0 spiro atoms. The molecule has 1 amide bonds. The number of ether oxygens (including phenoxy) is 1. The number of thiophene rings is 1. The molecule has 2 rings (SSSR count). The fourth-order valence-electron chi connectivity index (χ4n) is 1.87. The maximum atomic E-state index is 13.2. The number of hydrogen-bond donors (Lipinski definition) is 1. The maximum absolute atomic E-state index is 13.2. The molecule has 0 fully saturated rings. The van der Waals surface area contributed by atoms with Gasteiger partial charge in [0, 0.05) is 16.6 Å². The van der Waals surface area contributed by atoms with Crippen LogP contribution in [0.5, 0.6) is 0 Å². The van der Waals surface area contributed by atoms with Crippen LogP contribution in [0.2, 0.25) is 5.02 Å². The molecule has 0 saturated carbocycles. The summed E-state index contributed by atoms with van der Waals surface area (Å²) in [6.07, 6.45) is -0.101. The molecule has 0 saturated heterocycles. The molecule has 0 bridgehead atoms. The minimum atomic E-state index is -0.385. The maximum Gasteiger partial charge on any atom is 0.307 e.